The van der Waals surface area contributed by atoms with Crippen LogP contribution in [0, 0.1) is 5.41 Å². The molecule has 1 atom stereocenters. The summed E-state index contributed by atoms with van der Waals surface area (Å²) in [6, 6.07) is 4.17. The second kappa shape index (κ2) is 7.79. The van der Waals surface area contributed by atoms with E-state index in [1.165, 1.54) is 5.56 Å². The highest BCUT2D eigenvalue weighted by atomic mass is 16.5. The second-order valence-electron chi connectivity index (χ2n) is 6.55. The fourth-order valence-corrected chi connectivity index (χ4v) is 2.81. The van der Waals surface area contributed by atoms with E-state index < -0.39 is 0 Å². The van der Waals surface area contributed by atoms with Crippen LogP contribution in [-0.2, 0) is 11.2 Å². The maximum absolute atomic E-state index is 8.90. The van der Waals surface area contributed by atoms with E-state index in [0.29, 0.717) is 25.4 Å². The number of ether oxygens (including phenoxy) is 3. The zero-order chi connectivity index (χ0) is 16.9. The molecule has 1 aliphatic rings. The molecule has 23 heavy (non-hydrogen) atoms. The smallest absolute Gasteiger partial charge is 0.161 e. The van der Waals surface area contributed by atoms with E-state index in [9.17, 15) is 0 Å². The van der Waals surface area contributed by atoms with Crippen molar-refractivity contribution in [3.05, 3.63) is 23.3 Å². The van der Waals surface area contributed by atoms with Gasteiger partial charge in [-0.1, -0.05) is 13.8 Å². The van der Waals surface area contributed by atoms with E-state index in [-0.39, 0.29) is 18.1 Å². The van der Waals surface area contributed by atoms with Gasteiger partial charge in [-0.05, 0) is 29.7 Å². The number of hydrogen-bond donors (Lipinski definition) is 1. The van der Waals surface area contributed by atoms with Crippen LogP contribution in [0.25, 0.3) is 0 Å². The molecule has 0 fully saturated rings. The molecule has 1 N–H and O–H groups in total. The molecule has 5 nitrogen and oxygen atoms in total. The number of nitrogens with zero attached hydrogens (tertiary/aromatic N) is 1. The molecule has 0 bridgehead atoms. The average Bonchev–Trinajstić information content (AvgIpc) is 2.53. The summed E-state index contributed by atoms with van der Waals surface area (Å²) < 4.78 is 16.5. The van der Waals surface area contributed by atoms with Gasteiger partial charge < -0.3 is 19.3 Å². The first kappa shape index (κ1) is 17.8. The molecule has 0 spiro atoms. The van der Waals surface area contributed by atoms with Gasteiger partial charge in [0.25, 0.3) is 0 Å². The fraction of sp³-hybridized carbons (Fsp3) is 0.611. The van der Waals surface area contributed by atoms with E-state index in [1.54, 1.807) is 14.2 Å². The summed E-state index contributed by atoms with van der Waals surface area (Å²) in [7, 11) is 3.35. The van der Waals surface area contributed by atoms with E-state index in [4.69, 9.17) is 24.3 Å². The third-order valence-corrected chi connectivity index (χ3v) is 4.21. The summed E-state index contributed by atoms with van der Waals surface area (Å²) in [5, 5.41) is 8.90. The lowest BCUT2D eigenvalue weighted by atomic mass is 9.80. The summed E-state index contributed by atoms with van der Waals surface area (Å²) in [5.74, 6) is 1.42. The molecule has 0 amide bonds. The number of methoxy groups -OCH3 is 2. The molecule has 0 saturated carbocycles. The summed E-state index contributed by atoms with van der Waals surface area (Å²) in [6.07, 6.45) is 3.37. The van der Waals surface area contributed by atoms with Crippen molar-refractivity contribution < 1.29 is 19.3 Å². The minimum Gasteiger partial charge on any atom is -0.493 e. The lowest BCUT2D eigenvalue weighted by Crippen LogP contribution is -2.35. The van der Waals surface area contributed by atoms with E-state index in [1.807, 2.05) is 18.3 Å². The number of rotatable bonds is 8. The van der Waals surface area contributed by atoms with E-state index in [2.05, 4.69) is 13.8 Å². The number of aliphatic imine (C=N–C) groups is 1. The predicted molar refractivity (Wildman–Crippen MR) is 90.9 cm³/mol. The molecule has 2 rings (SSSR count). The van der Waals surface area contributed by atoms with Gasteiger partial charge in [0.1, 0.15) is 0 Å². The molecule has 1 aromatic rings. The number of fused-ring (bicyclic) bond motifs is 1. The first-order chi connectivity index (χ1) is 11.0. The third-order valence-electron chi connectivity index (χ3n) is 4.21. The second-order valence-corrected chi connectivity index (χ2v) is 6.55. The molecule has 128 valence electrons. The topological polar surface area (TPSA) is 60.3 Å². The number of hydrogen-bond acceptors (Lipinski definition) is 5. The van der Waals surface area contributed by atoms with Crippen LogP contribution in [-0.4, -0.2) is 51.4 Å². The van der Waals surface area contributed by atoms with Gasteiger partial charge in [0.05, 0.1) is 26.4 Å². The van der Waals surface area contributed by atoms with Crippen LogP contribution in [0.1, 0.15) is 31.4 Å². The standard InChI is InChI=1S/C18H27NO4/c1-18(2,12-21-3)17-10-13-8-16(23-7-5-6-20)15(22-4)9-14(13)11-19-17/h8-9,11,17,20H,5-7,10,12H2,1-4H3. The maximum atomic E-state index is 8.90. The number of benzene rings is 1. The number of aliphatic hydroxyl groups is 1. The molecule has 1 heterocycles. The van der Waals surface area contributed by atoms with Crippen LogP contribution in [0.4, 0.5) is 0 Å². The summed E-state index contributed by atoms with van der Waals surface area (Å²) in [4.78, 5) is 4.71. The molecular formula is C18H27NO4. The molecule has 0 saturated heterocycles. The van der Waals surface area contributed by atoms with Crippen molar-refractivity contribution in [1.29, 1.82) is 0 Å². The van der Waals surface area contributed by atoms with Crippen molar-refractivity contribution in [3.8, 4) is 11.5 Å². The van der Waals surface area contributed by atoms with Gasteiger partial charge in [-0.2, -0.15) is 0 Å². The van der Waals surface area contributed by atoms with Gasteiger partial charge >= 0.3 is 0 Å². The SMILES string of the molecule is COCC(C)(C)C1Cc2cc(OCCCO)c(OC)cc2C=N1. The summed E-state index contributed by atoms with van der Waals surface area (Å²) in [6.45, 7) is 5.60. The van der Waals surface area contributed by atoms with Crippen LogP contribution < -0.4 is 9.47 Å². The van der Waals surface area contributed by atoms with Crippen LogP contribution in [0.5, 0.6) is 11.5 Å². The van der Waals surface area contributed by atoms with E-state index in [0.717, 1.165) is 17.7 Å². The van der Waals surface area contributed by atoms with Crippen molar-refractivity contribution in [2.24, 2.45) is 10.4 Å². The minimum absolute atomic E-state index is 0.0270. The van der Waals surface area contributed by atoms with Crippen LogP contribution in [0.3, 0.4) is 0 Å². The Kier molecular flexibility index (Phi) is 6.02. The van der Waals surface area contributed by atoms with Crippen molar-refractivity contribution >= 4 is 6.21 Å². The van der Waals surface area contributed by atoms with Crippen LogP contribution in [0.15, 0.2) is 17.1 Å². The Balaban J connectivity index is 2.22. The Morgan fingerprint density at radius 3 is 2.70 bits per heavy atom. The van der Waals surface area contributed by atoms with E-state index >= 15 is 0 Å². The first-order valence-electron chi connectivity index (χ1n) is 7.98. The highest BCUT2D eigenvalue weighted by Gasteiger charge is 2.31. The van der Waals surface area contributed by atoms with Crippen LogP contribution >= 0.6 is 0 Å². The van der Waals surface area contributed by atoms with Crippen molar-refractivity contribution in [2.45, 2.75) is 32.7 Å². The molecule has 1 aromatic carbocycles. The normalized spacial score (nSPS) is 17.0. The van der Waals surface area contributed by atoms with Gasteiger partial charge in [0.15, 0.2) is 11.5 Å². The maximum Gasteiger partial charge on any atom is 0.161 e. The van der Waals surface area contributed by atoms with Gasteiger partial charge in [-0.15, -0.1) is 0 Å². The van der Waals surface area contributed by atoms with Gasteiger partial charge in [0, 0.05) is 31.8 Å². The fourth-order valence-electron chi connectivity index (χ4n) is 2.81. The van der Waals surface area contributed by atoms with Crippen molar-refractivity contribution in [2.75, 3.05) is 34.0 Å². The molecule has 5 heteroatoms. The first-order valence-corrected chi connectivity index (χ1v) is 7.98. The average molecular weight is 321 g/mol. The Morgan fingerprint density at radius 2 is 2.04 bits per heavy atom. The molecule has 1 aliphatic heterocycles. The zero-order valence-electron chi connectivity index (χ0n) is 14.5. The molecule has 0 radical (unpaired) electrons. The van der Waals surface area contributed by atoms with Crippen LogP contribution in [0.2, 0.25) is 0 Å². The highest BCUT2D eigenvalue weighted by Crippen LogP contribution is 2.36. The predicted octanol–water partition coefficient (Wildman–Crippen LogP) is 2.47. The lowest BCUT2D eigenvalue weighted by molar-refractivity contribution is 0.0858. The highest BCUT2D eigenvalue weighted by molar-refractivity contribution is 5.84. The van der Waals surface area contributed by atoms with Gasteiger partial charge in [0.2, 0.25) is 0 Å². The number of aliphatic hydroxyl groups excluding tert-OH is 1. The Morgan fingerprint density at radius 1 is 1.26 bits per heavy atom. The molecule has 0 aromatic heterocycles. The Bertz CT molecular complexity index is 554. The molecular weight excluding hydrogens is 294 g/mol. The van der Waals surface area contributed by atoms with Crippen molar-refractivity contribution in [1.82, 2.24) is 0 Å². The van der Waals surface area contributed by atoms with Crippen molar-refractivity contribution in [3.63, 3.8) is 0 Å². The lowest BCUT2D eigenvalue weighted by Gasteiger charge is -2.33. The Hall–Kier alpha value is -1.59. The molecule has 1 unspecified atom stereocenters. The monoisotopic (exact) mass is 321 g/mol. The summed E-state index contributed by atoms with van der Waals surface area (Å²) in [5.41, 5.74) is 2.25. The Labute approximate surface area is 138 Å². The third kappa shape index (κ3) is 4.24. The summed E-state index contributed by atoms with van der Waals surface area (Å²) >= 11 is 0. The zero-order valence-corrected chi connectivity index (χ0v) is 14.5. The van der Waals surface area contributed by atoms with Gasteiger partial charge in [-0.25, -0.2) is 0 Å². The largest absolute Gasteiger partial charge is 0.493 e. The minimum atomic E-state index is -0.0270. The van der Waals surface area contributed by atoms with Gasteiger partial charge in [-0.3, -0.25) is 4.99 Å². The molecule has 0 aliphatic carbocycles. The quantitative estimate of drug-likeness (QED) is 0.747.